The van der Waals surface area contributed by atoms with E-state index in [0.717, 1.165) is 0 Å². The van der Waals surface area contributed by atoms with Crippen LogP contribution in [0, 0.1) is 0 Å². The second-order valence-corrected chi connectivity index (χ2v) is 11.2. The first-order valence-corrected chi connectivity index (χ1v) is 11.0. The molecule has 0 aliphatic heterocycles. The van der Waals surface area contributed by atoms with E-state index in [1.165, 1.54) is 65.0 Å². The van der Waals surface area contributed by atoms with Crippen LogP contribution in [0.4, 0.5) is 0 Å². The number of benzene rings is 6. The molecule has 0 aliphatic rings. The lowest BCUT2D eigenvalue weighted by atomic mass is 9.80. The Hall–Kier alpha value is -2.86. The van der Waals surface area contributed by atoms with Crippen LogP contribution in [0.5, 0.6) is 0 Å². The van der Waals surface area contributed by atoms with Crippen molar-refractivity contribution in [2.24, 2.45) is 0 Å². The Kier molecular flexibility index (Phi) is 3.25. The van der Waals surface area contributed by atoms with Gasteiger partial charge in [0.2, 0.25) is 0 Å². The highest BCUT2D eigenvalue weighted by molar-refractivity contribution is 6.36. The maximum Gasteiger partial charge on any atom is -0.00141 e. The highest BCUT2D eigenvalue weighted by Crippen LogP contribution is 2.45. The number of hydrogen-bond acceptors (Lipinski definition) is 0. The molecule has 6 aromatic rings. The van der Waals surface area contributed by atoms with Gasteiger partial charge < -0.3 is 0 Å². The average molecular weight is 389 g/mol. The van der Waals surface area contributed by atoms with Crippen LogP contribution in [0.1, 0.15) is 52.7 Å². The molecule has 0 unspecified atom stereocenters. The van der Waals surface area contributed by atoms with Crippen LogP contribution < -0.4 is 0 Å². The van der Waals surface area contributed by atoms with Gasteiger partial charge in [0.05, 0.1) is 0 Å². The van der Waals surface area contributed by atoms with Crippen molar-refractivity contribution in [3.63, 3.8) is 0 Å². The van der Waals surface area contributed by atoms with Gasteiger partial charge in [-0.15, -0.1) is 0 Å². The molecule has 0 heteroatoms. The summed E-state index contributed by atoms with van der Waals surface area (Å²) in [4.78, 5) is 0. The Balaban J connectivity index is 1.86. The molecule has 0 aliphatic carbocycles. The Bertz CT molecular complexity index is 1460. The van der Waals surface area contributed by atoms with E-state index in [2.05, 4.69) is 102 Å². The minimum atomic E-state index is 0.140. The highest BCUT2D eigenvalue weighted by atomic mass is 14.2. The summed E-state index contributed by atoms with van der Waals surface area (Å²) in [5.41, 5.74) is 3.09. The summed E-state index contributed by atoms with van der Waals surface area (Å²) in [5.74, 6) is 0. The normalized spacial score (nSPS) is 13.7. The predicted molar refractivity (Wildman–Crippen MR) is 134 cm³/mol. The molecule has 0 bridgehead atoms. The van der Waals surface area contributed by atoms with Crippen molar-refractivity contribution in [2.45, 2.75) is 52.4 Å². The van der Waals surface area contributed by atoms with E-state index < -0.39 is 0 Å². The Morgan fingerprint density at radius 1 is 0.367 bits per heavy atom. The molecule has 0 radical (unpaired) electrons. The van der Waals surface area contributed by atoms with Gasteiger partial charge in [0.15, 0.2) is 0 Å². The van der Waals surface area contributed by atoms with Gasteiger partial charge >= 0.3 is 0 Å². The van der Waals surface area contributed by atoms with Crippen LogP contribution in [-0.2, 0) is 10.8 Å². The van der Waals surface area contributed by atoms with Crippen molar-refractivity contribution in [2.75, 3.05) is 0 Å². The second-order valence-electron chi connectivity index (χ2n) is 11.2. The molecule has 0 fully saturated rings. The van der Waals surface area contributed by atoms with Crippen LogP contribution in [0.2, 0.25) is 0 Å². The van der Waals surface area contributed by atoms with Crippen LogP contribution in [-0.4, -0.2) is 0 Å². The van der Waals surface area contributed by atoms with Crippen molar-refractivity contribution >= 4 is 53.9 Å². The van der Waals surface area contributed by atoms with Crippen LogP contribution in [0.15, 0.2) is 60.7 Å². The number of hydrogen-bond donors (Lipinski definition) is 0. The van der Waals surface area contributed by atoms with Crippen LogP contribution in [0.3, 0.4) is 0 Å². The molecule has 0 heterocycles. The van der Waals surface area contributed by atoms with E-state index in [4.69, 9.17) is 0 Å². The third kappa shape index (κ3) is 2.34. The van der Waals surface area contributed by atoms with Gasteiger partial charge in [0.1, 0.15) is 0 Å². The smallest absolute Gasteiger partial charge is 0.00141 e. The minimum Gasteiger partial charge on any atom is -0.0561 e. The number of rotatable bonds is 0. The molecule has 0 N–H and O–H groups in total. The summed E-state index contributed by atoms with van der Waals surface area (Å²) in [5, 5.41) is 13.9. The molecule has 0 saturated carbocycles. The Morgan fingerprint density at radius 3 is 1.00 bits per heavy atom. The summed E-state index contributed by atoms with van der Waals surface area (Å²) < 4.78 is 0. The molecular formula is C30H28. The fraction of sp³-hybridized carbons (Fsp3) is 0.267. The Labute approximate surface area is 178 Å². The van der Waals surface area contributed by atoms with E-state index in [1.54, 1.807) is 0 Å². The van der Waals surface area contributed by atoms with E-state index in [-0.39, 0.29) is 10.8 Å². The molecule has 0 spiro atoms. The average Bonchev–Trinajstić information content (AvgIpc) is 2.67. The molecule has 6 rings (SSSR count). The molecule has 0 nitrogen and oxygen atoms in total. The molecule has 148 valence electrons. The summed E-state index contributed by atoms with van der Waals surface area (Å²) >= 11 is 0. The zero-order valence-corrected chi connectivity index (χ0v) is 18.8. The van der Waals surface area contributed by atoms with E-state index >= 15 is 0 Å². The molecular weight excluding hydrogens is 360 g/mol. The van der Waals surface area contributed by atoms with Crippen molar-refractivity contribution in [1.29, 1.82) is 0 Å². The summed E-state index contributed by atoms with van der Waals surface area (Å²) in [6.07, 6.45) is 0. The first-order chi connectivity index (χ1) is 14.1. The fourth-order valence-electron chi connectivity index (χ4n) is 5.24. The first kappa shape index (κ1) is 18.0. The second kappa shape index (κ2) is 5.43. The quantitative estimate of drug-likeness (QED) is 0.180. The SMILES string of the molecule is CC(C)(C)c1cc2ccc3cc4cc(C(C)(C)C)cc5ccc6cc(c1)c2c3c6c54. The van der Waals surface area contributed by atoms with Gasteiger partial charge in [-0.05, 0) is 88.0 Å². The minimum absolute atomic E-state index is 0.140. The lowest BCUT2D eigenvalue weighted by molar-refractivity contribution is 0.591. The van der Waals surface area contributed by atoms with Crippen molar-refractivity contribution in [3.8, 4) is 0 Å². The van der Waals surface area contributed by atoms with Gasteiger partial charge in [-0.3, -0.25) is 0 Å². The molecule has 6 aromatic carbocycles. The van der Waals surface area contributed by atoms with Crippen molar-refractivity contribution in [1.82, 2.24) is 0 Å². The first-order valence-electron chi connectivity index (χ1n) is 11.0. The monoisotopic (exact) mass is 388 g/mol. The maximum atomic E-state index is 2.41. The fourth-order valence-corrected chi connectivity index (χ4v) is 5.24. The van der Waals surface area contributed by atoms with E-state index in [1.807, 2.05) is 0 Å². The zero-order valence-electron chi connectivity index (χ0n) is 18.8. The zero-order chi connectivity index (χ0) is 21.0. The molecule has 0 amide bonds. The molecule has 0 saturated heterocycles. The largest absolute Gasteiger partial charge is 0.0561 e. The summed E-state index contributed by atoms with van der Waals surface area (Å²) in [7, 11) is 0. The topological polar surface area (TPSA) is 0 Å². The van der Waals surface area contributed by atoms with Crippen molar-refractivity contribution < 1.29 is 0 Å². The molecule has 30 heavy (non-hydrogen) atoms. The highest BCUT2D eigenvalue weighted by Gasteiger charge is 2.21. The van der Waals surface area contributed by atoms with Gasteiger partial charge in [-0.25, -0.2) is 0 Å². The van der Waals surface area contributed by atoms with E-state index in [9.17, 15) is 0 Å². The lowest BCUT2D eigenvalue weighted by Crippen LogP contribution is -2.11. The van der Waals surface area contributed by atoms with Crippen LogP contribution >= 0.6 is 0 Å². The molecule has 0 atom stereocenters. The van der Waals surface area contributed by atoms with Crippen LogP contribution in [0.25, 0.3) is 53.9 Å². The standard InChI is InChI=1S/C30H28/c1-29(2,3)23-13-19-9-7-18-12-22-16-24(30(4,5)6)14-20-10-8-17-11-21(15-23)25(19)27(18)28(17)26(20)22/h7-16H,1-6H3. The maximum absolute atomic E-state index is 2.41. The molecule has 0 aromatic heterocycles. The third-order valence-electron chi connectivity index (χ3n) is 6.97. The summed E-state index contributed by atoms with van der Waals surface area (Å²) in [6, 6.07) is 23.7. The van der Waals surface area contributed by atoms with Gasteiger partial charge in [0, 0.05) is 0 Å². The van der Waals surface area contributed by atoms with Crippen molar-refractivity contribution in [3.05, 3.63) is 71.8 Å². The third-order valence-corrected chi connectivity index (χ3v) is 6.97. The predicted octanol–water partition coefficient (Wildman–Crippen LogP) is 8.92. The lowest BCUT2D eigenvalue weighted by Gasteiger charge is -2.24. The summed E-state index contributed by atoms with van der Waals surface area (Å²) in [6.45, 7) is 13.8. The Morgan fingerprint density at radius 2 is 0.667 bits per heavy atom. The van der Waals surface area contributed by atoms with Gasteiger partial charge in [-0.1, -0.05) is 90.1 Å². The van der Waals surface area contributed by atoms with Gasteiger partial charge in [0.25, 0.3) is 0 Å². The van der Waals surface area contributed by atoms with Gasteiger partial charge in [-0.2, -0.15) is 0 Å². The van der Waals surface area contributed by atoms with E-state index in [0.29, 0.717) is 0 Å².